The van der Waals surface area contributed by atoms with E-state index in [0.717, 1.165) is 6.54 Å². The summed E-state index contributed by atoms with van der Waals surface area (Å²) >= 11 is 0. The molecule has 4 fully saturated rings. The van der Waals surface area contributed by atoms with Gasteiger partial charge in [-0.05, 0) is 77.7 Å². The van der Waals surface area contributed by atoms with Crippen LogP contribution in [0.15, 0.2) is 0 Å². The summed E-state index contributed by atoms with van der Waals surface area (Å²) in [5, 5.41) is 7.43. The van der Waals surface area contributed by atoms with Crippen LogP contribution < -0.4 is 16.1 Å². The van der Waals surface area contributed by atoms with Crippen LogP contribution in [0.1, 0.15) is 38.5 Å². The molecule has 5 atom stereocenters. The number of hydroxylamine groups is 1. The van der Waals surface area contributed by atoms with Gasteiger partial charge in [0.15, 0.2) is 0 Å². The highest BCUT2D eigenvalue weighted by Gasteiger charge is 2.40. The number of nitrogens with zero attached hydrogens (tertiary/aromatic N) is 2. The van der Waals surface area contributed by atoms with E-state index in [1.165, 1.54) is 58.2 Å². The SMILES string of the molecule is CN1CCCC1C1NC(C2CCNC(N3CCCC3)C2)NO1. The summed E-state index contributed by atoms with van der Waals surface area (Å²) in [6, 6.07) is 0.522. The van der Waals surface area contributed by atoms with Gasteiger partial charge < -0.3 is 5.32 Å². The Morgan fingerprint density at radius 2 is 1.91 bits per heavy atom. The Bertz CT molecular complexity index is 376. The van der Waals surface area contributed by atoms with Crippen molar-refractivity contribution in [3.05, 3.63) is 0 Å². The van der Waals surface area contributed by atoms with Crippen molar-refractivity contribution in [1.29, 1.82) is 0 Å². The van der Waals surface area contributed by atoms with Gasteiger partial charge in [-0.15, -0.1) is 0 Å². The highest BCUT2D eigenvalue weighted by atomic mass is 16.7. The molecule has 0 aromatic rings. The molecule has 0 aromatic heterocycles. The normalized spacial score (nSPS) is 44.9. The number of likely N-dealkylation sites (N-methyl/N-ethyl adjacent to an activating group) is 1. The predicted octanol–water partition coefficient (Wildman–Crippen LogP) is 0.279. The second-order valence-corrected chi connectivity index (χ2v) is 7.49. The van der Waals surface area contributed by atoms with E-state index in [1.807, 2.05) is 0 Å². The molecule has 4 aliphatic heterocycles. The molecule has 0 saturated carbocycles. The van der Waals surface area contributed by atoms with Gasteiger partial charge in [0.25, 0.3) is 0 Å². The second kappa shape index (κ2) is 6.71. The van der Waals surface area contributed by atoms with E-state index < -0.39 is 0 Å². The summed E-state index contributed by atoms with van der Waals surface area (Å²) in [6.45, 7) is 4.85. The van der Waals surface area contributed by atoms with Gasteiger partial charge in [-0.3, -0.25) is 20.0 Å². The molecule has 126 valence electrons. The van der Waals surface area contributed by atoms with Crippen LogP contribution in [0, 0.1) is 5.92 Å². The number of likely N-dealkylation sites (tertiary alicyclic amines) is 2. The molecule has 4 aliphatic rings. The van der Waals surface area contributed by atoms with Crippen LogP contribution >= 0.6 is 0 Å². The Kier molecular flexibility index (Phi) is 4.66. The average molecular weight is 309 g/mol. The lowest BCUT2D eigenvalue weighted by Gasteiger charge is -2.38. The molecule has 5 unspecified atom stereocenters. The lowest BCUT2D eigenvalue weighted by atomic mass is 9.92. The molecule has 0 radical (unpaired) electrons. The Morgan fingerprint density at radius 3 is 2.68 bits per heavy atom. The third-order valence-corrected chi connectivity index (χ3v) is 6.07. The number of nitrogens with one attached hydrogen (secondary N) is 3. The lowest BCUT2D eigenvalue weighted by molar-refractivity contribution is -0.0202. The van der Waals surface area contributed by atoms with Gasteiger partial charge in [-0.1, -0.05) is 0 Å². The molecular formula is C16H31N5O. The van der Waals surface area contributed by atoms with Crippen molar-refractivity contribution in [3.63, 3.8) is 0 Å². The topological polar surface area (TPSA) is 51.8 Å². The molecule has 4 rings (SSSR count). The third-order valence-electron chi connectivity index (χ3n) is 6.07. The van der Waals surface area contributed by atoms with Gasteiger partial charge in [0.2, 0.25) is 0 Å². The largest absolute Gasteiger partial charge is 0.302 e. The first kappa shape index (κ1) is 15.3. The summed E-state index contributed by atoms with van der Waals surface area (Å²) in [4.78, 5) is 11.0. The zero-order valence-electron chi connectivity index (χ0n) is 13.8. The van der Waals surface area contributed by atoms with Crippen LogP contribution in [0.5, 0.6) is 0 Å². The maximum absolute atomic E-state index is 5.90. The third kappa shape index (κ3) is 3.05. The first-order chi connectivity index (χ1) is 10.8. The molecule has 0 spiro atoms. The minimum absolute atomic E-state index is 0.151. The van der Waals surface area contributed by atoms with Crippen LogP contribution in [-0.2, 0) is 4.84 Å². The minimum Gasteiger partial charge on any atom is -0.302 e. The van der Waals surface area contributed by atoms with Crippen LogP contribution in [0.3, 0.4) is 0 Å². The summed E-state index contributed by atoms with van der Waals surface area (Å²) in [7, 11) is 2.21. The van der Waals surface area contributed by atoms with Gasteiger partial charge in [0.1, 0.15) is 6.23 Å². The van der Waals surface area contributed by atoms with E-state index in [0.29, 0.717) is 24.3 Å². The maximum atomic E-state index is 5.90. The molecule has 22 heavy (non-hydrogen) atoms. The fraction of sp³-hybridized carbons (Fsp3) is 1.00. The van der Waals surface area contributed by atoms with Crippen molar-refractivity contribution in [3.8, 4) is 0 Å². The summed E-state index contributed by atoms with van der Waals surface area (Å²) < 4.78 is 0. The van der Waals surface area contributed by atoms with Crippen molar-refractivity contribution in [2.75, 3.05) is 33.2 Å². The van der Waals surface area contributed by atoms with Crippen molar-refractivity contribution in [2.24, 2.45) is 5.92 Å². The lowest BCUT2D eigenvalue weighted by Crippen LogP contribution is -2.54. The molecule has 4 saturated heterocycles. The minimum atomic E-state index is 0.151. The molecule has 0 bridgehead atoms. The fourth-order valence-electron chi connectivity index (χ4n) is 4.69. The Balaban J connectivity index is 1.32. The van der Waals surface area contributed by atoms with Gasteiger partial charge >= 0.3 is 0 Å². The maximum Gasteiger partial charge on any atom is 0.146 e. The van der Waals surface area contributed by atoms with E-state index in [4.69, 9.17) is 4.84 Å². The van der Waals surface area contributed by atoms with Crippen LogP contribution in [0.4, 0.5) is 0 Å². The molecule has 4 heterocycles. The Labute approximate surface area is 133 Å². The van der Waals surface area contributed by atoms with E-state index in [-0.39, 0.29) is 6.23 Å². The number of piperidine rings is 1. The smallest absolute Gasteiger partial charge is 0.146 e. The number of hydrogen-bond donors (Lipinski definition) is 3. The first-order valence-electron chi connectivity index (χ1n) is 9.16. The summed E-state index contributed by atoms with van der Waals surface area (Å²) in [6.07, 6.45) is 8.74. The molecule has 0 amide bonds. The quantitative estimate of drug-likeness (QED) is 0.696. The number of hydrogen-bond acceptors (Lipinski definition) is 6. The van der Waals surface area contributed by atoms with Crippen molar-refractivity contribution < 1.29 is 4.84 Å². The highest BCUT2D eigenvalue weighted by Crippen LogP contribution is 2.27. The Hall–Kier alpha value is -0.240. The Morgan fingerprint density at radius 1 is 1.05 bits per heavy atom. The van der Waals surface area contributed by atoms with E-state index in [2.05, 4.69) is 33.0 Å². The van der Waals surface area contributed by atoms with E-state index in [9.17, 15) is 0 Å². The van der Waals surface area contributed by atoms with Crippen LogP contribution in [0.2, 0.25) is 0 Å². The molecular weight excluding hydrogens is 278 g/mol. The van der Waals surface area contributed by atoms with Gasteiger partial charge in [-0.25, -0.2) is 0 Å². The van der Waals surface area contributed by atoms with Crippen LogP contribution in [-0.4, -0.2) is 67.6 Å². The van der Waals surface area contributed by atoms with Crippen molar-refractivity contribution in [2.45, 2.75) is 63.1 Å². The second-order valence-electron chi connectivity index (χ2n) is 7.49. The van der Waals surface area contributed by atoms with Crippen LogP contribution in [0.25, 0.3) is 0 Å². The highest BCUT2D eigenvalue weighted by molar-refractivity contribution is 4.91. The van der Waals surface area contributed by atoms with Crippen molar-refractivity contribution >= 4 is 0 Å². The average Bonchev–Trinajstić information content (AvgIpc) is 3.28. The summed E-state index contributed by atoms with van der Waals surface area (Å²) in [5.41, 5.74) is 3.30. The van der Waals surface area contributed by atoms with Gasteiger partial charge in [0, 0.05) is 0 Å². The molecule has 3 N–H and O–H groups in total. The predicted molar refractivity (Wildman–Crippen MR) is 85.9 cm³/mol. The monoisotopic (exact) mass is 309 g/mol. The standard InChI is InChI=1S/C16H31N5O/c1-20-8-4-5-13(20)16-18-15(19-22-16)12-6-7-17-14(11-12)21-9-2-3-10-21/h12-19H,2-11H2,1H3. The summed E-state index contributed by atoms with van der Waals surface area (Å²) in [5.74, 6) is 0.656. The fourth-order valence-corrected chi connectivity index (χ4v) is 4.69. The molecule has 6 nitrogen and oxygen atoms in total. The first-order valence-corrected chi connectivity index (χ1v) is 9.16. The number of rotatable bonds is 3. The zero-order chi connectivity index (χ0) is 14.9. The molecule has 0 aromatic carbocycles. The molecule has 0 aliphatic carbocycles. The van der Waals surface area contributed by atoms with Crippen molar-refractivity contribution in [1.82, 2.24) is 25.9 Å². The van der Waals surface area contributed by atoms with Gasteiger partial charge in [-0.2, -0.15) is 5.48 Å². The zero-order valence-corrected chi connectivity index (χ0v) is 13.8. The van der Waals surface area contributed by atoms with Gasteiger partial charge in [0.05, 0.1) is 18.4 Å². The van der Waals surface area contributed by atoms with E-state index >= 15 is 0 Å². The van der Waals surface area contributed by atoms with E-state index in [1.54, 1.807) is 0 Å². The molecule has 6 heteroatoms.